The molecule has 0 amide bonds. The maximum Gasteiger partial charge on any atom is 0.156 e. The molecule has 0 saturated heterocycles. The molecule has 3 nitrogen and oxygen atoms in total. The van der Waals surface area contributed by atoms with Crippen molar-refractivity contribution < 1.29 is 8.42 Å². The molecule has 0 aliphatic heterocycles. The lowest BCUT2D eigenvalue weighted by Gasteiger charge is -2.23. The Morgan fingerprint density at radius 3 is 2.00 bits per heavy atom. The highest BCUT2D eigenvalue weighted by atomic mass is 32.2. The van der Waals surface area contributed by atoms with Gasteiger partial charge in [0.05, 0.1) is 10.5 Å². The zero-order chi connectivity index (χ0) is 13.0. The van der Waals surface area contributed by atoms with Gasteiger partial charge in [0.1, 0.15) is 0 Å². The van der Waals surface area contributed by atoms with E-state index in [1.165, 1.54) is 0 Å². The highest BCUT2D eigenvalue weighted by Crippen LogP contribution is 2.15. The van der Waals surface area contributed by atoms with Gasteiger partial charge in [-0.25, -0.2) is 8.42 Å². The maximum absolute atomic E-state index is 11.9. The van der Waals surface area contributed by atoms with Crippen LogP contribution in [-0.2, 0) is 9.84 Å². The van der Waals surface area contributed by atoms with E-state index in [0.29, 0.717) is 18.5 Å². The second kappa shape index (κ2) is 6.01. The van der Waals surface area contributed by atoms with Crippen LogP contribution in [0.1, 0.15) is 48.0 Å². The Hall–Kier alpha value is -0.0900. The van der Waals surface area contributed by atoms with Crippen molar-refractivity contribution in [2.45, 2.75) is 58.8 Å². The quantitative estimate of drug-likeness (QED) is 0.785. The lowest BCUT2D eigenvalue weighted by molar-refractivity contribution is 0.397. The van der Waals surface area contributed by atoms with Crippen LogP contribution in [0.2, 0.25) is 0 Å². The molecule has 0 rings (SSSR count). The van der Waals surface area contributed by atoms with Crippen LogP contribution in [0.4, 0.5) is 0 Å². The lowest BCUT2D eigenvalue weighted by Crippen LogP contribution is -2.39. The molecule has 4 heteroatoms. The van der Waals surface area contributed by atoms with Gasteiger partial charge in [-0.2, -0.15) is 0 Å². The average Bonchev–Trinajstić information content (AvgIpc) is 2.09. The van der Waals surface area contributed by atoms with Gasteiger partial charge >= 0.3 is 0 Å². The largest absolute Gasteiger partial charge is 0.313 e. The van der Waals surface area contributed by atoms with Crippen molar-refractivity contribution in [1.82, 2.24) is 5.32 Å². The van der Waals surface area contributed by atoms with Gasteiger partial charge in [-0.1, -0.05) is 20.8 Å². The van der Waals surface area contributed by atoms with Gasteiger partial charge in [0.25, 0.3) is 0 Å². The van der Waals surface area contributed by atoms with Crippen LogP contribution < -0.4 is 5.32 Å². The van der Waals surface area contributed by atoms with Crippen LogP contribution >= 0.6 is 0 Å². The Kier molecular flexibility index (Phi) is 5.98. The smallest absolute Gasteiger partial charge is 0.156 e. The van der Waals surface area contributed by atoms with E-state index in [9.17, 15) is 8.42 Å². The Morgan fingerprint density at radius 2 is 1.69 bits per heavy atom. The van der Waals surface area contributed by atoms with Crippen LogP contribution in [-0.4, -0.2) is 31.5 Å². The summed E-state index contributed by atoms with van der Waals surface area (Å²) in [6.07, 6.45) is 1.03. The van der Waals surface area contributed by atoms with E-state index >= 15 is 0 Å². The van der Waals surface area contributed by atoms with Gasteiger partial charge in [0.15, 0.2) is 9.84 Å². The summed E-state index contributed by atoms with van der Waals surface area (Å²) in [4.78, 5) is 0. The third kappa shape index (κ3) is 4.83. The molecule has 0 aliphatic rings. The second-order valence-corrected chi connectivity index (χ2v) is 8.51. The van der Waals surface area contributed by atoms with Crippen molar-refractivity contribution in [2.75, 3.05) is 12.3 Å². The molecule has 0 heterocycles. The lowest BCUT2D eigenvalue weighted by atomic mass is 10.0. The van der Waals surface area contributed by atoms with E-state index in [0.717, 1.165) is 6.42 Å². The Morgan fingerprint density at radius 1 is 1.19 bits per heavy atom. The maximum atomic E-state index is 11.9. The molecule has 0 aromatic rings. The molecule has 1 atom stereocenters. The van der Waals surface area contributed by atoms with E-state index in [4.69, 9.17) is 0 Å². The number of nitrogens with one attached hydrogen (secondary N) is 1. The summed E-state index contributed by atoms with van der Waals surface area (Å²) in [7, 11) is -2.99. The Bertz CT molecular complexity index is 289. The van der Waals surface area contributed by atoms with Crippen LogP contribution in [0.15, 0.2) is 0 Å². The third-order valence-electron chi connectivity index (χ3n) is 2.95. The molecular weight excluding hydrogens is 222 g/mol. The van der Waals surface area contributed by atoms with Crippen molar-refractivity contribution in [3.05, 3.63) is 0 Å². The highest BCUT2D eigenvalue weighted by Gasteiger charge is 2.28. The molecule has 0 radical (unpaired) electrons. The first-order chi connectivity index (χ1) is 7.12. The van der Waals surface area contributed by atoms with Crippen molar-refractivity contribution in [3.63, 3.8) is 0 Å². The summed E-state index contributed by atoms with van der Waals surface area (Å²) in [6.45, 7) is 12.2. The minimum absolute atomic E-state index is 0.222. The van der Waals surface area contributed by atoms with Crippen LogP contribution in [0, 0.1) is 5.92 Å². The number of sulfone groups is 1. The van der Waals surface area contributed by atoms with Crippen molar-refractivity contribution in [3.8, 4) is 0 Å². The van der Waals surface area contributed by atoms with Gasteiger partial charge in [-0.15, -0.1) is 0 Å². The fraction of sp³-hybridized carbons (Fsp3) is 1.00. The van der Waals surface area contributed by atoms with Crippen molar-refractivity contribution in [1.29, 1.82) is 0 Å². The summed E-state index contributed by atoms with van der Waals surface area (Å²) < 4.78 is 23.1. The Balaban J connectivity index is 4.18. The van der Waals surface area contributed by atoms with Gasteiger partial charge in [0, 0.05) is 12.6 Å². The third-order valence-corrected chi connectivity index (χ3v) is 5.56. The molecule has 0 spiro atoms. The number of hydrogen-bond donors (Lipinski definition) is 1. The first-order valence-electron chi connectivity index (χ1n) is 6.07. The minimum Gasteiger partial charge on any atom is -0.313 e. The monoisotopic (exact) mass is 249 g/mol. The molecular formula is C12H27NO2S. The summed E-state index contributed by atoms with van der Waals surface area (Å²) in [5, 5.41) is 3.32. The molecule has 0 aromatic heterocycles. The van der Waals surface area contributed by atoms with Gasteiger partial charge in [0.2, 0.25) is 0 Å². The molecule has 1 unspecified atom stereocenters. The summed E-state index contributed by atoms with van der Waals surface area (Å²) in [6, 6.07) is 0.412. The first-order valence-corrected chi connectivity index (χ1v) is 7.72. The predicted octanol–water partition coefficient (Wildman–Crippen LogP) is 2.22. The Labute approximate surface area is 101 Å². The average molecular weight is 249 g/mol. The first kappa shape index (κ1) is 15.9. The molecule has 0 aromatic carbocycles. The van der Waals surface area contributed by atoms with Crippen molar-refractivity contribution in [2.24, 2.45) is 5.92 Å². The summed E-state index contributed by atoms with van der Waals surface area (Å²) in [5.41, 5.74) is 0. The second-order valence-electron chi connectivity index (χ2n) is 5.64. The number of rotatable bonds is 6. The van der Waals surface area contributed by atoms with Gasteiger partial charge in [-0.05, 0) is 33.1 Å². The zero-order valence-corrected chi connectivity index (χ0v) is 12.3. The molecule has 1 N–H and O–H groups in total. The number of hydrogen-bond acceptors (Lipinski definition) is 3. The van der Waals surface area contributed by atoms with Crippen LogP contribution in [0.3, 0.4) is 0 Å². The summed E-state index contributed by atoms with van der Waals surface area (Å²) >= 11 is 0. The van der Waals surface area contributed by atoms with Crippen LogP contribution in [0.5, 0.6) is 0 Å². The molecule has 98 valence electrons. The van der Waals surface area contributed by atoms with Crippen molar-refractivity contribution >= 4 is 9.84 Å². The van der Waals surface area contributed by atoms with E-state index in [1.807, 2.05) is 0 Å². The highest BCUT2D eigenvalue weighted by molar-refractivity contribution is 7.92. The fourth-order valence-corrected chi connectivity index (χ4v) is 2.54. The predicted molar refractivity (Wildman–Crippen MR) is 70.5 cm³/mol. The van der Waals surface area contributed by atoms with Crippen LogP contribution in [0.25, 0.3) is 0 Å². The van der Waals surface area contributed by atoms with E-state index in [2.05, 4.69) is 26.1 Å². The fourth-order valence-electron chi connectivity index (χ4n) is 1.54. The van der Waals surface area contributed by atoms with E-state index in [-0.39, 0.29) is 5.75 Å². The van der Waals surface area contributed by atoms with E-state index in [1.54, 1.807) is 20.8 Å². The minimum atomic E-state index is -2.99. The standard InChI is InChI=1S/C12H27NO2S/c1-7-11(10(2)3)13-8-9-16(14,15)12(4,5)6/h10-11,13H,7-9H2,1-6H3. The molecule has 0 bridgehead atoms. The van der Waals surface area contributed by atoms with Gasteiger partial charge in [-0.3, -0.25) is 0 Å². The summed E-state index contributed by atoms with van der Waals surface area (Å²) in [5.74, 6) is 0.766. The SMILES string of the molecule is CCC(NCCS(=O)(=O)C(C)(C)C)C(C)C. The van der Waals surface area contributed by atoms with E-state index < -0.39 is 14.6 Å². The zero-order valence-electron chi connectivity index (χ0n) is 11.5. The molecule has 0 fully saturated rings. The topological polar surface area (TPSA) is 46.2 Å². The van der Waals surface area contributed by atoms with Gasteiger partial charge < -0.3 is 5.32 Å². The molecule has 0 aliphatic carbocycles. The molecule has 0 saturated carbocycles. The normalized spacial score (nSPS) is 15.4. The molecule has 16 heavy (non-hydrogen) atoms.